The Kier molecular flexibility index (Phi) is 2.88. The first-order valence-corrected chi connectivity index (χ1v) is 3.98. The van der Waals surface area contributed by atoms with E-state index in [1.807, 2.05) is 4.90 Å². The number of nitrogens with zero attached hydrogens (tertiary/aromatic N) is 1. The van der Waals surface area contributed by atoms with Gasteiger partial charge in [0.1, 0.15) is 0 Å². The molecule has 1 amide bonds. The zero-order chi connectivity index (χ0) is 8.27. The van der Waals surface area contributed by atoms with Crippen LogP contribution in [0, 0.1) is 5.92 Å². The third kappa shape index (κ3) is 2.19. The molecule has 0 aromatic heterocycles. The van der Waals surface area contributed by atoms with E-state index in [9.17, 15) is 4.79 Å². The highest BCUT2D eigenvalue weighted by Crippen LogP contribution is 2.18. The number of methoxy groups -OCH3 is 1. The van der Waals surface area contributed by atoms with Crippen molar-refractivity contribution >= 4 is 5.91 Å². The molecule has 0 aromatic rings. The third-order valence-electron chi connectivity index (χ3n) is 2.13. The molecule has 1 aliphatic rings. The number of amides is 1. The Labute approximate surface area is 67.3 Å². The van der Waals surface area contributed by atoms with Crippen LogP contribution in [-0.2, 0) is 9.53 Å². The van der Waals surface area contributed by atoms with Crippen molar-refractivity contribution < 1.29 is 9.53 Å². The predicted octanol–water partition coefficient (Wildman–Crippen LogP) is 0.501. The second-order valence-corrected chi connectivity index (χ2v) is 3.07. The van der Waals surface area contributed by atoms with E-state index >= 15 is 0 Å². The average Bonchev–Trinajstić information content (AvgIpc) is 1.84. The molecule has 3 heteroatoms. The van der Waals surface area contributed by atoms with Gasteiger partial charge in [0.05, 0.1) is 0 Å². The maximum absolute atomic E-state index is 10.7. The summed E-state index contributed by atoms with van der Waals surface area (Å²) >= 11 is 0. The van der Waals surface area contributed by atoms with E-state index in [1.165, 1.54) is 0 Å². The van der Waals surface area contributed by atoms with E-state index in [-0.39, 0.29) is 5.91 Å². The van der Waals surface area contributed by atoms with Gasteiger partial charge in [-0.25, -0.2) is 0 Å². The van der Waals surface area contributed by atoms with Crippen LogP contribution in [0.5, 0.6) is 0 Å². The van der Waals surface area contributed by atoms with Crippen LogP contribution in [0.1, 0.15) is 13.3 Å². The lowest BCUT2D eigenvalue weighted by molar-refractivity contribution is -0.135. The number of hydrogen-bond donors (Lipinski definition) is 0. The molecule has 0 radical (unpaired) electrons. The largest absolute Gasteiger partial charge is 0.385 e. The Morgan fingerprint density at radius 2 is 2.27 bits per heavy atom. The van der Waals surface area contributed by atoms with E-state index in [1.54, 1.807) is 14.0 Å². The summed E-state index contributed by atoms with van der Waals surface area (Å²) in [5.41, 5.74) is 0. The topological polar surface area (TPSA) is 29.5 Å². The fourth-order valence-corrected chi connectivity index (χ4v) is 1.29. The molecule has 0 bridgehead atoms. The van der Waals surface area contributed by atoms with Gasteiger partial charge in [-0.15, -0.1) is 0 Å². The van der Waals surface area contributed by atoms with Crippen molar-refractivity contribution in [1.82, 2.24) is 4.90 Å². The minimum atomic E-state index is 0.193. The first kappa shape index (κ1) is 8.53. The number of hydrogen-bond acceptors (Lipinski definition) is 2. The molecule has 0 aromatic carbocycles. The molecule has 0 unspecified atom stereocenters. The van der Waals surface area contributed by atoms with Crippen LogP contribution in [0.2, 0.25) is 0 Å². The molecule has 64 valence electrons. The van der Waals surface area contributed by atoms with Gasteiger partial charge in [0.25, 0.3) is 0 Å². The zero-order valence-electron chi connectivity index (χ0n) is 7.17. The van der Waals surface area contributed by atoms with Gasteiger partial charge in [0, 0.05) is 33.7 Å². The molecule has 11 heavy (non-hydrogen) atoms. The first-order valence-electron chi connectivity index (χ1n) is 3.98. The normalized spacial score (nSPS) is 18.2. The van der Waals surface area contributed by atoms with Crippen LogP contribution < -0.4 is 0 Å². The van der Waals surface area contributed by atoms with Crippen molar-refractivity contribution in [3.8, 4) is 0 Å². The third-order valence-corrected chi connectivity index (χ3v) is 2.13. The van der Waals surface area contributed by atoms with Gasteiger partial charge in [-0.1, -0.05) is 0 Å². The summed E-state index contributed by atoms with van der Waals surface area (Å²) in [5.74, 6) is 0.873. The molecule has 1 rings (SSSR count). The van der Waals surface area contributed by atoms with Gasteiger partial charge >= 0.3 is 0 Å². The molecule has 0 spiro atoms. The van der Waals surface area contributed by atoms with Crippen molar-refractivity contribution in [3.05, 3.63) is 0 Å². The van der Waals surface area contributed by atoms with Crippen LogP contribution in [-0.4, -0.2) is 37.6 Å². The van der Waals surface area contributed by atoms with Gasteiger partial charge in [-0.05, 0) is 12.3 Å². The second kappa shape index (κ2) is 3.72. The number of carbonyl (C=O) groups is 1. The van der Waals surface area contributed by atoms with E-state index in [2.05, 4.69) is 0 Å². The number of ether oxygens (including phenoxy) is 1. The van der Waals surface area contributed by atoms with E-state index < -0.39 is 0 Å². The summed E-state index contributed by atoms with van der Waals surface area (Å²) < 4.78 is 4.94. The Balaban J connectivity index is 2.05. The predicted molar refractivity (Wildman–Crippen MR) is 42.2 cm³/mol. The molecular weight excluding hydrogens is 142 g/mol. The number of likely N-dealkylation sites (tertiary alicyclic amines) is 1. The minimum Gasteiger partial charge on any atom is -0.385 e. The standard InChI is InChI=1S/C8H15NO2/c1-7(10)9-5-8(6-9)3-4-11-2/h8H,3-6H2,1-2H3. The van der Waals surface area contributed by atoms with Crippen molar-refractivity contribution in [2.24, 2.45) is 5.92 Å². The Morgan fingerprint density at radius 1 is 1.64 bits per heavy atom. The fourth-order valence-electron chi connectivity index (χ4n) is 1.29. The van der Waals surface area contributed by atoms with Crippen LogP contribution in [0.15, 0.2) is 0 Å². The van der Waals surface area contributed by atoms with Gasteiger partial charge in [0.2, 0.25) is 5.91 Å². The SMILES string of the molecule is COCCC1CN(C(C)=O)C1. The minimum absolute atomic E-state index is 0.193. The molecule has 0 atom stereocenters. The Hall–Kier alpha value is -0.570. The van der Waals surface area contributed by atoms with E-state index in [4.69, 9.17) is 4.74 Å². The fraction of sp³-hybridized carbons (Fsp3) is 0.875. The van der Waals surface area contributed by atoms with Crippen LogP contribution >= 0.6 is 0 Å². The monoisotopic (exact) mass is 157 g/mol. The molecule has 0 aliphatic carbocycles. The lowest BCUT2D eigenvalue weighted by Crippen LogP contribution is -2.49. The first-order chi connectivity index (χ1) is 5.24. The van der Waals surface area contributed by atoms with Crippen LogP contribution in [0.3, 0.4) is 0 Å². The maximum Gasteiger partial charge on any atom is 0.219 e. The molecule has 3 nitrogen and oxygen atoms in total. The summed E-state index contributed by atoms with van der Waals surface area (Å²) in [7, 11) is 1.71. The number of carbonyl (C=O) groups excluding carboxylic acids is 1. The summed E-state index contributed by atoms with van der Waals surface area (Å²) in [6.07, 6.45) is 1.08. The molecule has 0 N–H and O–H groups in total. The van der Waals surface area contributed by atoms with Gasteiger partial charge < -0.3 is 9.64 Å². The number of rotatable bonds is 3. The Bertz CT molecular complexity index is 141. The summed E-state index contributed by atoms with van der Waals surface area (Å²) in [5, 5.41) is 0. The van der Waals surface area contributed by atoms with E-state index in [0.29, 0.717) is 5.92 Å². The van der Waals surface area contributed by atoms with Gasteiger partial charge in [0.15, 0.2) is 0 Å². The van der Waals surface area contributed by atoms with E-state index in [0.717, 1.165) is 26.1 Å². The molecular formula is C8H15NO2. The highest BCUT2D eigenvalue weighted by Gasteiger charge is 2.27. The Morgan fingerprint density at radius 3 is 2.73 bits per heavy atom. The quantitative estimate of drug-likeness (QED) is 0.597. The highest BCUT2D eigenvalue weighted by molar-refractivity contribution is 5.74. The summed E-state index contributed by atoms with van der Waals surface area (Å²) in [4.78, 5) is 12.6. The second-order valence-electron chi connectivity index (χ2n) is 3.07. The molecule has 0 saturated carbocycles. The van der Waals surface area contributed by atoms with Crippen molar-refractivity contribution in [2.45, 2.75) is 13.3 Å². The lowest BCUT2D eigenvalue weighted by Gasteiger charge is -2.38. The molecule has 1 fully saturated rings. The summed E-state index contributed by atoms with van der Waals surface area (Å²) in [6, 6.07) is 0. The van der Waals surface area contributed by atoms with Gasteiger partial charge in [-0.2, -0.15) is 0 Å². The molecule has 1 saturated heterocycles. The average molecular weight is 157 g/mol. The van der Waals surface area contributed by atoms with Crippen molar-refractivity contribution in [3.63, 3.8) is 0 Å². The van der Waals surface area contributed by atoms with Crippen molar-refractivity contribution in [1.29, 1.82) is 0 Å². The van der Waals surface area contributed by atoms with Crippen LogP contribution in [0.4, 0.5) is 0 Å². The maximum atomic E-state index is 10.7. The smallest absolute Gasteiger partial charge is 0.219 e. The van der Waals surface area contributed by atoms with Crippen LogP contribution in [0.25, 0.3) is 0 Å². The summed E-state index contributed by atoms with van der Waals surface area (Å²) in [6.45, 7) is 4.29. The zero-order valence-corrected chi connectivity index (χ0v) is 7.17. The van der Waals surface area contributed by atoms with Crippen molar-refractivity contribution in [2.75, 3.05) is 26.8 Å². The molecule has 1 aliphatic heterocycles. The van der Waals surface area contributed by atoms with Gasteiger partial charge in [-0.3, -0.25) is 4.79 Å². The lowest BCUT2D eigenvalue weighted by atomic mass is 9.97. The molecule has 1 heterocycles. The highest BCUT2D eigenvalue weighted by atomic mass is 16.5.